The van der Waals surface area contributed by atoms with Gasteiger partial charge < -0.3 is 14.8 Å². The molecule has 0 aliphatic heterocycles. The minimum absolute atomic E-state index is 0.108. The molecule has 68 valence electrons. The van der Waals surface area contributed by atoms with E-state index in [4.69, 9.17) is 10.2 Å². The van der Waals surface area contributed by atoms with E-state index in [2.05, 4.69) is 0 Å². The normalized spacial score (nSPS) is 11.9. The van der Waals surface area contributed by atoms with Gasteiger partial charge in [-0.3, -0.25) is 0 Å². The van der Waals surface area contributed by atoms with E-state index in [0.717, 1.165) is 0 Å². The van der Waals surface area contributed by atoms with Crippen molar-refractivity contribution in [3.63, 3.8) is 0 Å². The third-order valence-corrected chi connectivity index (χ3v) is 4.10. The summed E-state index contributed by atoms with van der Waals surface area (Å²) in [6.07, 6.45) is 2.42. The topological polar surface area (TPSA) is 57.5 Å². The van der Waals surface area contributed by atoms with E-state index in [0.29, 0.717) is 25.2 Å². The second kappa shape index (κ2) is 5.76. The fraction of sp³-hybridized carbons (Fsp3) is 1.00. The van der Waals surface area contributed by atoms with E-state index in [1.54, 1.807) is 6.66 Å². The minimum atomic E-state index is -2.05. The first kappa shape index (κ1) is 11.2. The molecule has 11 heavy (non-hydrogen) atoms. The number of aliphatic hydroxyl groups excluding tert-OH is 2. The minimum Gasteiger partial charge on any atom is -0.396 e. The molecule has 3 nitrogen and oxygen atoms in total. The standard InChI is InChI=1S/C7H17O3P/c1-11(10,6-2-4-8)7-3-5-9/h8-9H,2-7H2,1H3. The first-order valence-corrected chi connectivity index (χ1v) is 6.42. The van der Waals surface area contributed by atoms with Gasteiger partial charge in [0.15, 0.2) is 0 Å². The van der Waals surface area contributed by atoms with Crippen LogP contribution in [0.1, 0.15) is 12.8 Å². The summed E-state index contributed by atoms with van der Waals surface area (Å²) in [7, 11) is -2.05. The highest BCUT2D eigenvalue weighted by atomic mass is 31.2. The van der Waals surface area contributed by atoms with Gasteiger partial charge in [0.05, 0.1) is 7.14 Å². The second-order valence-corrected chi connectivity index (χ2v) is 6.39. The molecule has 0 bridgehead atoms. The monoisotopic (exact) mass is 180 g/mol. The zero-order valence-electron chi connectivity index (χ0n) is 6.99. The van der Waals surface area contributed by atoms with Crippen molar-refractivity contribution in [3.8, 4) is 0 Å². The highest BCUT2D eigenvalue weighted by Gasteiger charge is 2.12. The highest BCUT2D eigenvalue weighted by molar-refractivity contribution is 7.63. The largest absolute Gasteiger partial charge is 0.396 e. The zero-order valence-corrected chi connectivity index (χ0v) is 7.89. The van der Waals surface area contributed by atoms with Crippen LogP contribution in [0.25, 0.3) is 0 Å². The van der Waals surface area contributed by atoms with E-state index in [1.807, 2.05) is 0 Å². The van der Waals surface area contributed by atoms with E-state index in [-0.39, 0.29) is 13.2 Å². The van der Waals surface area contributed by atoms with Crippen LogP contribution in [0.3, 0.4) is 0 Å². The van der Waals surface area contributed by atoms with E-state index >= 15 is 0 Å². The van der Waals surface area contributed by atoms with E-state index in [1.165, 1.54) is 0 Å². The summed E-state index contributed by atoms with van der Waals surface area (Å²) in [6, 6.07) is 0. The fourth-order valence-electron chi connectivity index (χ4n) is 0.922. The van der Waals surface area contributed by atoms with Crippen LogP contribution < -0.4 is 0 Å². The third kappa shape index (κ3) is 6.54. The van der Waals surface area contributed by atoms with Crippen molar-refractivity contribution in [2.45, 2.75) is 12.8 Å². The maximum Gasteiger partial charge on any atom is 0.0850 e. The Bertz CT molecular complexity index is 124. The summed E-state index contributed by atoms with van der Waals surface area (Å²) in [5.41, 5.74) is 0. The van der Waals surface area contributed by atoms with Crippen LogP contribution in [0.2, 0.25) is 0 Å². The van der Waals surface area contributed by atoms with Crippen LogP contribution in [-0.2, 0) is 4.57 Å². The lowest BCUT2D eigenvalue weighted by molar-refractivity contribution is 0.293. The molecule has 0 amide bonds. The molecule has 0 aliphatic carbocycles. The lowest BCUT2D eigenvalue weighted by Crippen LogP contribution is -1.98. The smallest absolute Gasteiger partial charge is 0.0850 e. The molecule has 0 aromatic carbocycles. The van der Waals surface area contributed by atoms with E-state index < -0.39 is 7.14 Å². The molecule has 0 aliphatic rings. The molecule has 0 radical (unpaired) electrons. The quantitative estimate of drug-likeness (QED) is 0.593. The third-order valence-electron chi connectivity index (χ3n) is 1.58. The summed E-state index contributed by atoms with van der Waals surface area (Å²) in [4.78, 5) is 0. The Kier molecular flexibility index (Phi) is 5.83. The van der Waals surface area contributed by atoms with Crippen LogP contribution in [0, 0.1) is 0 Å². The van der Waals surface area contributed by atoms with Crippen LogP contribution >= 0.6 is 7.14 Å². The lowest BCUT2D eigenvalue weighted by atomic mass is 10.5. The molecule has 0 unspecified atom stereocenters. The number of rotatable bonds is 6. The van der Waals surface area contributed by atoms with Gasteiger partial charge >= 0.3 is 0 Å². The predicted octanol–water partition coefficient (Wildman–Crippen LogP) is 0.744. The van der Waals surface area contributed by atoms with E-state index in [9.17, 15) is 4.57 Å². The van der Waals surface area contributed by atoms with Gasteiger partial charge in [-0.1, -0.05) is 0 Å². The molecule has 0 saturated heterocycles. The van der Waals surface area contributed by atoms with Crippen molar-refractivity contribution in [2.75, 3.05) is 32.2 Å². The summed E-state index contributed by atoms with van der Waals surface area (Å²) in [5.74, 6) is 0. The Hall–Kier alpha value is 0.150. The Labute approximate surface area is 67.8 Å². The summed E-state index contributed by atoms with van der Waals surface area (Å²) < 4.78 is 11.5. The van der Waals surface area contributed by atoms with Crippen LogP contribution in [0.4, 0.5) is 0 Å². The Balaban J connectivity index is 3.53. The predicted molar refractivity (Wildman–Crippen MR) is 46.7 cm³/mol. The van der Waals surface area contributed by atoms with Gasteiger partial charge in [0.25, 0.3) is 0 Å². The molecule has 0 atom stereocenters. The molecule has 0 saturated carbocycles. The number of hydrogen-bond donors (Lipinski definition) is 2. The fourth-order valence-corrected chi connectivity index (χ4v) is 2.77. The molecule has 0 rings (SSSR count). The second-order valence-electron chi connectivity index (χ2n) is 2.90. The van der Waals surface area contributed by atoms with Crippen LogP contribution in [0.15, 0.2) is 0 Å². The van der Waals surface area contributed by atoms with Crippen LogP contribution in [-0.4, -0.2) is 42.4 Å². The SMILES string of the molecule is CP(=O)(CCCO)CCCO. The molecular weight excluding hydrogens is 163 g/mol. The number of aliphatic hydroxyl groups is 2. The Morgan fingerprint density at radius 1 is 1.09 bits per heavy atom. The molecule has 0 fully saturated rings. The van der Waals surface area contributed by atoms with Gasteiger partial charge in [-0.2, -0.15) is 0 Å². The van der Waals surface area contributed by atoms with Crippen LogP contribution in [0.5, 0.6) is 0 Å². The van der Waals surface area contributed by atoms with Crippen molar-refractivity contribution < 1.29 is 14.8 Å². The van der Waals surface area contributed by atoms with Crippen molar-refractivity contribution in [3.05, 3.63) is 0 Å². The van der Waals surface area contributed by atoms with Gasteiger partial charge in [0, 0.05) is 25.5 Å². The summed E-state index contributed by atoms with van der Waals surface area (Å²) in [5, 5.41) is 17.0. The molecular formula is C7H17O3P. The molecule has 0 heterocycles. The molecule has 0 aromatic rings. The Morgan fingerprint density at radius 3 is 1.73 bits per heavy atom. The highest BCUT2D eigenvalue weighted by Crippen LogP contribution is 2.41. The van der Waals surface area contributed by atoms with Gasteiger partial charge in [-0.05, 0) is 19.5 Å². The summed E-state index contributed by atoms with van der Waals surface area (Å²) >= 11 is 0. The number of hydrogen-bond acceptors (Lipinski definition) is 3. The average molecular weight is 180 g/mol. The Morgan fingerprint density at radius 2 is 1.45 bits per heavy atom. The molecule has 0 spiro atoms. The first-order chi connectivity index (χ1) is 5.12. The first-order valence-electron chi connectivity index (χ1n) is 3.89. The average Bonchev–Trinajstić information content (AvgIpc) is 1.97. The summed E-state index contributed by atoms with van der Waals surface area (Å²) in [6.45, 7) is 1.95. The van der Waals surface area contributed by atoms with Crippen molar-refractivity contribution >= 4 is 7.14 Å². The maximum absolute atomic E-state index is 11.5. The molecule has 0 aromatic heterocycles. The molecule has 2 N–H and O–H groups in total. The van der Waals surface area contributed by atoms with Gasteiger partial charge in [-0.15, -0.1) is 0 Å². The van der Waals surface area contributed by atoms with Crippen molar-refractivity contribution in [1.82, 2.24) is 0 Å². The van der Waals surface area contributed by atoms with Gasteiger partial charge in [0.1, 0.15) is 0 Å². The molecule has 4 heteroatoms. The van der Waals surface area contributed by atoms with Gasteiger partial charge in [-0.25, -0.2) is 0 Å². The van der Waals surface area contributed by atoms with Gasteiger partial charge in [0.2, 0.25) is 0 Å². The lowest BCUT2D eigenvalue weighted by Gasteiger charge is -2.10. The van der Waals surface area contributed by atoms with Crippen molar-refractivity contribution in [1.29, 1.82) is 0 Å². The van der Waals surface area contributed by atoms with Crippen molar-refractivity contribution in [2.24, 2.45) is 0 Å². The zero-order chi connectivity index (χ0) is 8.74. The maximum atomic E-state index is 11.5.